The zero-order chi connectivity index (χ0) is 21.4. The lowest BCUT2D eigenvalue weighted by Crippen LogP contribution is -2.41. The van der Waals surface area contributed by atoms with E-state index >= 15 is 0 Å². The zero-order valence-corrected chi connectivity index (χ0v) is 17.4. The molecule has 2 aromatic heterocycles. The Morgan fingerprint density at radius 3 is 2.60 bits per heavy atom. The van der Waals surface area contributed by atoms with Gasteiger partial charge in [0.05, 0.1) is 6.54 Å². The second kappa shape index (κ2) is 8.10. The van der Waals surface area contributed by atoms with E-state index in [4.69, 9.17) is 0 Å². The molecule has 0 atom stereocenters. The number of halogens is 2. The first kappa shape index (κ1) is 20.4. The van der Waals surface area contributed by atoms with E-state index < -0.39 is 18.7 Å². The van der Waals surface area contributed by atoms with E-state index in [9.17, 15) is 18.4 Å². The first-order valence-corrected chi connectivity index (χ1v) is 10.5. The molecule has 0 spiro atoms. The lowest BCUT2D eigenvalue weighted by Gasteiger charge is -2.25. The number of carbonyl (C=O) groups excluding carboxylic acids is 1. The molecule has 0 saturated carbocycles. The maximum atomic E-state index is 12.9. The van der Waals surface area contributed by atoms with E-state index in [1.807, 2.05) is 12.1 Å². The molecule has 30 heavy (non-hydrogen) atoms. The highest BCUT2D eigenvalue weighted by molar-refractivity contribution is 7.13. The second-order valence-corrected chi connectivity index (χ2v) is 8.32. The number of benzene rings is 1. The van der Waals surface area contributed by atoms with Crippen molar-refractivity contribution in [3.8, 4) is 10.6 Å². The van der Waals surface area contributed by atoms with Gasteiger partial charge in [-0.05, 0) is 11.5 Å². The predicted octanol–water partition coefficient (Wildman–Crippen LogP) is 3.21. The number of rotatable bonds is 5. The molecule has 3 heterocycles. The van der Waals surface area contributed by atoms with Gasteiger partial charge >= 0.3 is 5.69 Å². The Hall–Kier alpha value is -2.88. The Bertz CT molecular complexity index is 1120. The maximum absolute atomic E-state index is 12.9. The molecule has 0 saturated heterocycles. The molecule has 3 aromatic rings. The second-order valence-electron chi connectivity index (χ2n) is 7.46. The molecule has 0 N–H and O–H groups in total. The first-order valence-electron chi connectivity index (χ1n) is 9.63. The molecule has 0 bridgehead atoms. The van der Waals surface area contributed by atoms with Crippen molar-refractivity contribution >= 4 is 17.2 Å². The summed E-state index contributed by atoms with van der Waals surface area (Å²) in [6, 6.07) is 8.11. The predicted molar refractivity (Wildman–Crippen MR) is 109 cm³/mol. The minimum atomic E-state index is -2.67. The minimum absolute atomic E-state index is 0.0836. The maximum Gasteiger partial charge on any atom is 0.346 e. The SMILES string of the molecule is CC(C)c1ccc(-c2nc(C(=O)N3CCn4c(nn(CC(F)F)c4=O)C3)cs2)cc1. The fourth-order valence-corrected chi connectivity index (χ4v) is 4.20. The average molecular weight is 433 g/mol. The van der Waals surface area contributed by atoms with Crippen LogP contribution in [0.1, 0.15) is 41.6 Å². The van der Waals surface area contributed by atoms with Gasteiger partial charge in [0.1, 0.15) is 17.2 Å². The highest BCUT2D eigenvalue weighted by Crippen LogP contribution is 2.26. The van der Waals surface area contributed by atoms with Gasteiger partial charge in [-0.25, -0.2) is 23.2 Å². The Balaban J connectivity index is 1.50. The molecule has 0 unspecified atom stereocenters. The van der Waals surface area contributed by atoms with Crippen LogP contribution in [0.5, 0.6) is 0 Å². The van der Waals surface area contributed by atoms with Gasteiger partial charge in [-0.2, -0.15) is 5.10 Å². The largest absolute Gasteiger partial charge is 0.346 e. The van der Waals surface area contributed by atoms with Crippen molar-refractivity contribution in [3.63, 3.8) is 0 Å². The van der Waals surface area contributed by atoms with Crippen LogP contribution in [0.4, 0.5) is 8.78 Å². The van der Waals surface area contributed by atoms with E-state index in [1.54, 1.807) is 5.38 Å². The van der Waals surface area contributed by atoms with Gasteiger partial charge in [0.25, 0.3) is 12.3 Å². The monoisotopic (exact) mass is 433 g/mol. The third-order valence-corrected chi connectivity index (χ3v) is 5.96. The number of hydrogen-bond donors (Lipinski definition) is 0. The van der Waals surface area contributed by atoms with Gasteiger partial charge < -0.3 is 4.90 Å². The Kier molecular flexibility index (Phi) is 5.50. The van der Waals surface area contributed by atoms with Crippen LogP contribution in [0.15, 0.2) is 34.4 Å². The zero-order valence-electron chi connectivity index (χ0n) is 16.6. The highest BCUT2D eigenvalue weighted by atomic mass is 32.1. The fourth-order valence-electron chi connectivity index (χ4n) is 3.40. The molecule has 1 aliphatic rings. The van der Waals surface area contributed by atoms with Crippen LogP contribution in [0, 0.1) is 0 Å². The van der Waals surface area contributed by atoms with Crippen LogP contribution in [-0.4, -0.2) is 43.1 Å². The molecule has 158 valence electrons. The van der Waals surface area contributed by atoms with Gasteiger partial charge in [0.15, 0.2) is 5.82 Å². The number of nitrogens with zero attached hydrogens (tertiary/aromatic N) is 5. The molecule has 1 aromatic carbocycles. The van der Waals surface area contributed by atoms with Crippen molar-refractivity contribution in [3.05, 3.63) is 57.2 Å². The van der Waals surface area contributed by atoms with E-state index in [-0.39, 0.29) is 19.0 Å². The van der Waals surface area contributed by atoms with Gasteiger partial charge in [-0.15, -0.1) is 11.3 Å². The normalized spacial score (nSPS) is 13.9. The minimum Gasteiger partial charge on any atom is -0.328 e. The third-order valence-electron chi connectivity index (χ3n) is 5.07. The standard InChI is InChI=1S/C20H21F2N5O2S/c1-12(2)13-3-5-14(6-4-13)18-23-15(11-30-18)19(28)25-7-8-26-17(10-25)24-27(20(26)29)9-16(21)22/h3-6,11-12,16H,7-10H2,1-2H3. The van der Waals surface area contributed by atoms with Crippen LogP contribution >= 0.6 is 11.3 Å². The van der Waals surface area contributed by atoms with Crippen LogP contribution in [0.2, 0.25) is 0 Å². The summed E-state index contributed by atoms with van der Waals surface area (Å²) in [5, 5.41) is 6.43. The molecule has 4 rings (SSSR count). The van der Waals surface area contributed by atoms with Crippen LogP contribution in [0.3, 0.4) is 0 Å². The summed E-state index contributed by atoms with van der Waals surface area (Å²) < 4.78 is 27.3. The highest BCUT2D eigenvalue weighted by Gasteiger charge is 2.27. The molecule has 0 radical (unpaired) electrons. The van der Waals surface area contributed by atoms with Crippen molar-refractivity contribution in [2.75, 3.05) is 6.54 Å². The van der Waals surface area contributed by atoms with Gasteiger partial charge in [-0.3, -0.25) is 9.36 Å². The number of hydrogen-bond acceptors (Lipinski definition) is 5. The molecular formula is C20H21F2N5O2S. The Labute approximate surface area is 175 Å². The van der Waals surface area contributed by atoms with Crippen LogP contribution < -0.4 is 5.69 Å². The Morgan fingerprint density at radius 2 is 1.93 bits per heavy atom. The lowest BCUT2D eigenvalue weighted by atomic mass is 10.0. The van der Waals surface area contributed by atoms with E-state index in [2.05, 4.69) is 36.1 Å². The van der Waals surface area contributed by atoms with Crippen LogP contribution in [-0.2, 0) is 19.6 Å². The number of amides is 1. The number of aromatic nitrogens is 4. The molecule has 7 nitrogen and oxygen atoms in total. The van der Waals surface area contributed by atoms with Gasteiger partial charge in [0.2, 0.25) is 0 Å². The quantitative estimate of drug-likeness (QED) is 0.619. The summed E-state index contributed by atoms with van der Waals surface area (Å²) in [4.78, 5) is 31.1. The van der Waals surface area contributed by atoms with E-state index in [1.165, 1.54) is 26.4 Å². The molecule has 10 heteroatoms. The molecule has 0 fully saturated rings. The average Bonchev–Trinajstić information content (AvgIpc) is 3.32. The summed E-state index contributed by atoms with van der Waals surface area (Å²) in [7, 11) is 0. The summed E-state index contributed by atoms with van der Waals surface area (Å²) >= 11 is 1.39. The molecule has 1 amide bonds. The van der Waals surface area contributed by atoms with E-state index in [0.717, 1.165) is 15.3 Å². The number of fused-ring (bicyclic) bond motifs is 1. The van der Waals surface area contributed by atoms with Crippen molar-refractivity contribution in [2.45, 2.75) is 45.8 Å². The Morgan fingerprint density at radius 1 is 1.20 bits per heavy atom. The first-order chi connectivity index (χ1) is 14.3. The van der Waals surface area contributed by atoms with Crippen molar-refractivity contribution < 1.29 is 13.6 Å². The third kappa shape index (κ3) is 3.91. The number of thiazole rings is 1. The molecular weight excluding hydrogens is 412 g/mol. The smallest absolute Gasteiger partial charge is 0.328 e. The van der Waals surface area contributed by atoms with Gasteiger partial charge in [0, 0.05) is 24.0 Å². The van der Waals surface area contributed by atoms with Crippen LogP contribution in [0.25, 0.3) is 10.6 Å². The summed E-state index contributed by atoms with van der Waals surface area (Å²) in [5.74, 6) is 0.478. The van der Waals surface area contributed by atoms with Crippen molar-refractivity contribution in [1.29, 1.82) is 0 Å². The number of alkyl halides is 2. The lowest BCUT2D eigenvalue weighted by molar-refractivity contribution is 0.0701. The van der Waals surface area contributed by atoms with Crippen molar-refractivity contribution in [1.82, 2.24) is 24.2 Å². The summed E-state index contributed by atoms with van der Waals surface area (Å²) in [6.07, 6.45) is -2.67. The molecule has 1 aliphatic heterocycles. The fraction of sp³-hybridized carbons (Fsp3) is 0.400. The number of carbonyl (C=O) groups is 1. The van der Waals surface area contributed by atoms with Crippen molar-refractivity contribution in [2.24, 2.45) is 0 Å². The molecule has 0 aliphatic carbocycles. The topological polar surface area (TPSA) is 73.0 Å². The van der Waals surface area contributed by atoms with Gasteiger partial charge in [-0.1, -0.05) is 38.1 Å². The summed E-state index contributed by atoms with van der Waals surface area (Å²) in [6.45, 7) is 4.10. The summed E-state index contributed by atoms with van der Waals surface area (Å²) in [5.41, 5.74) is 1.93. The van der Waals surface area contributed by atoms with E-state index in [0.29, 0.717) is 24.0 Å².